The number of thiophene rings is 2. The van der Waals surface area contributed by atoms with Crippen molar-refractivity contribution in [1.29, 1.82) is 0 Å². The molecule has 0 aliphatic carbocycles. The first kappa shape index (κ1) is 18.8. The second-order valence-electron chi connectivity index (χ2n) is 6.44. The van der Waals surface area contributed by atoms with Crippen LogP contribution in [0.2, 0.25) is 0 Å². The maximum Gasteiger partial charge on any atom is 0.357 e. The highest BCUT2D eigenvalue weighted by Gasteiger charge is 2.18. The van der Waals surface area contributed by atoms with Gasteiger partial charge in [0.1, 0.15) is 11.6 Å². The molecule has 1 aliphatic heterocycles. The van der Waals surface area contributed by atoms with E-state index in [4.69, 9.17) is 4.74 Å². The van der Waals surface area contributed by atoms with E-state index in [0.717, 1.165) is 49.8 Å². The van der Waals surface area contributed by atoms with Gasteiger partial charge in [0.2, 0.25) is 0 Å². The van der Waals surface area contributed by atoms with E-state index in [-0.39, 0.29) is 5.97 Å². The van der Waals surface area contributed by atoms with Gasteiger partial charge in [-0.3, -0.25) is 9.80 Å². The summed E-state index contributed by atoms with van der Waals surface area (Å²) in [5.74, 6) is -0.330. The molecule has 0 unspecified atom stereocenters. The molecule has 1 fully saturated rings. The molecule has 0 aromatic carbocycles. The van der Waals surface area contributed by atoms with Crippen molar-refractivity contribution < 1.29 is 9.53 Å². The van der Waals surface area contributed by atoms with Crippen molar-refractivity contribution in [3.8, 4) is 10.6 Å². The molecular formula is C19H21N3O2S3. The van der Waals surface area contributed by atoms with Gasteiger partial charge < -0.3 is 4.74 Å². The number of carbonyl (C=O) groups excluding carboxylic acids is 1. The molecule has 0 amide bonds. The fourth-order valence-corrected chi connectivity index (χ4v) is 5.20. The molecule has 1 aliphatic rings. The smallest absolute Gasteiger partial charge is 0.357 e. The lowest BCUT2D eigenvalue weighted by Gasteiger charge is -2.34. The van der Waals surface area contributed by atoms with Crippen LogP contribution in [0.15, 0.2) is 39.0 Å². The Bertz CT molecular complexity index is 838. The Morgan fingerprint density at radius 2 is 1.81 bits per heavy atom. The molecule has 0 bridgehead atoms. The van der Waals surface area contributed by atoms with Crippen LogP contribution >= 0.6 is 34.0 Å². The summed E-state index contributed by atoms with van der Waals surface area (Å²) in [4.78, 5) is 21.4. The van der Waals surface area contributed by atoms with Crippen molar-refractivity contribution in [1.82, 2.24) is 14.8 Å². The number of thiazole rings is 1. The van der Waals surface area contributed by atoms with E-state index in [0.29, 0.717) is 12.3 Å². The zero-order chi connectivity index (χ0) is 18.5. The summed E-state index contributed by atoms with van der Waals surface area (Å²) >= 11 is 4.85. The molecule has 142 valence electrons. The van der Waals surface area contributed by atoms with Crippen molar-refractivity contribution in [2.75, 3.05) is 39.3 Å². The number of esters is 1. The number of nitrogens with zero attached hydrogens (tertiary/aromatic N) is 3. The van der Waals surface area contributed by atoms with Crippen LogP contribution in [0, 0.1) is 0 Å². The molecule has 3 aromatic rings. The van der Waals surface area contributed by atoms with Crippen molar-refractivity contribution in [2.45, 2.75) is 6.54 Å². The predicted molar refractivity (Wildman–Crippen MR) is 112 cm³/mol. The summed E-state index contributed by atoms with van der Waals surface area (Å²) in [6, 6.07) is 4.20. The summed E-state index contributed by atoms with van der Waals surface area (Å²) in [7, 11) is 0. The van der Waals surface area contributed by atoms with Gasteiger partial charge in [0.05, 0.1) is 0 Å². The van der Waals surface area contributed by atoms with Gasteiger partial charge >= 0.3 is 5.97 Å². The quantitative estimate of drug-likeness (QED) is 0.544. The summed E-state index contributed by atoms with van der Waals surface area (Å²) in [6.45, 7) is 6.36. The lowest BCUT2D eigenvalue weighted by atomic mass is 10.2. The number of ether oxygens (including phenoxy) is 1. The minimum atomic E-state index is -0.330. The second kappa shape index (κ2) is 9.07. The summed E-state index contributed by atoms with van der Waals surface area (Å²) in [6.07, 6.45) is 0. The molecule has 5 nitrogen and oxygen atoms in total. The molecule has 4 rings (SSSR count). The van der Waals surface area contributed by atoms with Gasteiger partial charge in [-0.25, -0.2) is 9.78 Å². The SMILES string of the molecule is O=C(OCCN1CCN(Cc2ccsc2)CC1)c1csc(-c2ccsc2)n1. The van der Waals surface area contributed by atoms with Crippen LogP contribution in [0.4, 0.5) is 0 Å². The Labute approximate surface area is 170 Å². The number of hydrogen-bond acceptors (Lipinski definition) is 8. The summed E-state index contributed by atoms with van der Waals surface area (Å²) < 4.78 is 5.43. The number of aromatic nitrogens is 1. The van der Waals surface area contributed by atoms with E-state index in [1.807, 2.05) is 16.8 Å². The fourth-order valence-electron chi connectivity index (χ4n) is 3.04. The van der Waals surface area contributed by atoms with Crippen LogP contribution < -0.4 is 0 Å². The fraction of sp³-hybridized carbons (Fsp3) is 0.368. The van der Waals surface area contributed by atoms with Gasteiger partial charge in [-0.2, -0.15) is 22.7 Å². The molecule has 0 spiro atoms. The van der Waals surface area contributed by atoms with E-state index in [1.165, 1.54) is 16.9 Å². The van der Waals surface area contributed by atoms with Gasteiger partial charge in [-0.1, -0.05) is 0 Å². The zero-order valence-electron chi connectivity index (χ0n) is 14.9. The van der Waals surface area contributed by atoms with Crippen molar-refractivity contribution >= 4 is 40.0 Å². The Hall–Kier alpha value is -1.58. The maximum atomic E-state index is 12.2. The Kier molecular flexibility index (Phi) is 6.31. The number of carbonyl (C=O) groups is 1. The minimum Gasteiger partial charge on any atom is -0.460 e. The number of rotatable bonds is 7. The Morgan fingerprint density at radius 3 is 2.56 bits per heavy atom. The molecule has 0 radical (unpaired) electrons. The molecule has 0 saturated carbocycles. The van der Waals surface area contributed by atoms with E-state index in [2.05, 4.69) is 31.6 Å². The number of piperazine rings is 1. The van der Waals surface area contributed by atoms with Gasteiger partial charge in [0, 0.05) is 55.6 Å². The highest BCUT2D eigenvalue weighted by atomic mass is 32.1. The zero-order valence-corrected chi connectivity index (χ0v) is 17.3. The molecule has 4 heterocycles. The molecule has 27 heavy (non-hydrogen) atoms. The molecule has 8 heteroatoms. The first-order chi connectivity index (χ1) is 13.3. The summed E-state index contributed by atoms with van der Waals surface area (Å²) in [5.41, 5.74) is 2.86. The monoisotopic (exact) mass is 419 g/mol. The topological polar surface area (TPSA) is 45.7 Å². The van der Waals surface area contributed by atoms with Gasteiger partial charge in [0.15, 0.2) is 5.69 Å². The minimum absolute atomic E-state index is 0.330. The van der Waals surface area contributed by atoms with Gasteiger partial charge in [0.25, 0.3) is 0 Å². The predicted octanol–water partition coefficient (Wildman–Crippen LogP) is 3.91. The van der Waals surface area contributed by atoms with Crippen LogP contribution in [0.1, 0.15) is 16.1 Å². The van der Waals surface area contributed by atoms with Crippen LogP contribution in [0.25, 0.3) is 10.6 Å². The highest BCUT2D eigenvalue weighted by molar-refractivity contribution is 7.14. The third kappa shape index (κ3) is 5.03. The van der Waals surface area contributed by atoms with E-state index in [1.54, 1.807) is 28.1 Å². The van der Waals surface area contributed by atoms with Crippen molar-refractivity contribution in [3.63, 3.8) is 0 Å². The van der Waals surface area contributed by atoms with Crippen molar-refractivity contribution in [2.24, 2.45) is 0 Å². The van der Waals surface area contributed by atoms with Gasteiger partial charge in [-0.15, -0.1) is 11.3 Å². The average molecular weight is 420 g/mol. The molecule has 1 saturated heterocycles. The van der Waals surface area contributed by atoms with E-state index >= 15 is 0 Å². The molecule has 0 atom stereocenters. The van der Waals surface area contributed by atoms with Gasteiger partial charge in [-0.05, 0) is 33.8 Å². The average Bonchev–Trinajstić information content (AvgIpc) is 3.45. The lowest BCUT2D eigenvalue weighted by molar-refractivity contribution is 0.0414. The van der Waals surface area contributed by atoms with Crippen LogP contribution in [0.3, 0.4) is 0 Å². The third-order valence-corrected chi connectivity index (χ3v) is 6.88. The molecule has 0 N–H and O–H groups in total. The van der Waals surface area contributed by atoms with Crippen LogP contribution in [-0.4, -0.2) is 60.1 Å². The van der Waals surface area contributed by atoms with E-state index in [9.17, 15) is 4.79 Å². The second-order valence-corrected chi connectivity index (χ2v) is 8.85. The van der Waals surface area contributed by atoms with Crippen molar-refractivity contribution in [3.05, 3.63) is 50.3 Å². The third-order valence-electron chi connectivity index (χ3n) is 4.57. The summed E-state index contributed by atoms with van der Waals surface area (Å²) in [5, 5.41) is 11.0. The highest BCUT2D eigenvalue weighted by Crippen LogP contribution is 2.25. The molecular weight excluding hydrogens is 398 g/mol. The first-order valence-electron chi connectivity index (χ1n) is 8.89. The largest absolute Gasteiger partial charge is 0.460 e. The first-order valence-corrected chi connectivity index (χ1v) is 11.7. The number of hydrogen-bond donors (Lipinski definition) is 0. The lowest BCUT2D eigenvalue weighted by Crippen LogP contribution is -2.46. The van der Waals surface area contributed by atoms with Crippen LogP contribution in [0.5, 0.6) is 0 Å². The normalized spacial score (nSPS) is 15.9. The molecule has 3 aromatic heterocycles. The standard InChI is InChI=1S/C19H21N3O2S3/c23-19(17-14-27-18(20-17)16-2-10-26-13-16)24-8-7-21-3-5-22(6-4-21)11-15-1-9-25-12-15/h1-2,9-10,12-14H,3-8,11H2. The van der Waals surface area contributed by atoms with Crippen LogP contribution in [-0.2, 0) is 11.3 Å². The maximum absolute atomic E-state index is 12.2. The Morgan fingerprint density at radius 1 is 1.04 bits per heavy atom. The van der Waals surface area contributed by atoms with E-state index < -0.39 is 0 Å². The Balaban J connectivity index is 1.17.